The highest BCUT2D eigenvalue weighted by Crippen LogP contribution is 2.30. The van der Waals surface area contributed by atoms with E-state index in [0.29, 0.717) is 35.4 Å². The van der Waals surface area contributed by atoms with Crippen LogP contribution in [-0.2, 0) is 27.1 Å². The zero-order valence-corrected chi connectivity index (χ0v) is 30.4. The number of alkyl carbamates (subject to hydrolysis) is 1. The highest BCUT2D eigenvalue weighted by atomic mass is 32.2. The lowest BCUT2D eigenvalue weighted by Crippen LogP contribution is -2.52. The zero-order chi connectivity index (χ0) is 35.6. The van der Waals surface area contributed by atoms with Crippen molar-refractivity contribution in [3.05, 3.63) is 124 Å². The Hall–Kier alpha value is -4.56. The first kappa shape index (κ1) is 36.2. The Morgan fingerprint density at radius 1 is 1.02 bits per heavy atom. The van der Waals surface area contributed by atoms with Gasteiger partial charge in [-0.3, -0.25) is 4.79 Å². The molecule has 2 aromatic heterocycles. The molecule has 3 N–H and O–H groups in total. The largest absolute Gasteiger partial charge is 0.453 e. The molecule has 3 heterocycles. The normalized spacial score (nSPS) is 17.9. The van der Waals surface area contributed by atoms with Crippen molar-refractivity contribution < 1.29 is 23.5 Å². The minimum atomic E-state index is -0.952. The van der Waals surface area contributed by atoms with E-state index in [4.69, 9.17) is 13.9 Å². The number of carbonyl (C=O) groups is 2. The van der Waals surface area contributed by atoms with Crippen molar-refractivity contribution in [3.8, 4) is 0 Å². The highest BCUT2D eigenvalue weighted by Gasteiger charge is 2.34. The summed E-state index contributed by atoms with van der Waals surface area (Å²) in [6.07, 6.45) is 1.16. The van der Waals surface area contributed by atoms with Crippen LogP contribution < -0.4 is 16.0 Å². The SMILES string of the molecule is COC(=O)N[C@H](C(=O)Nc1ccccc1CC[C@@H]1CN[C@H](C)[C@@H](CSc2nnc(Cc3csc(C)n3)o2)O1)C(c1ccccc1)c1ccccc1. The van der Waals surface area contributed by atoms with Gasteiger partial charge in [0.25, 0.3) is 5.22 Å². The number of benzene rings is 3. The zero-order valence-electron chi connectivity index (χ0n) is 28.8. The van der Waals surface area contributed by atoms with Gasteiger partial charge in [-0.15, -0.1) is 21.5 Å². The number of ether oxygens (including phenoxy) is 2. The van der Waals surface area contributed by atoms with Crippen molar-refractivity contribution in [2.45, 2.75) is 68.5 Å². The fraction of sp³-hybridized carbons (Fsp3) is 0.342. The van der Waals surface area contributed by atoms with Crippen LogP contribution in [0.2, 0.25) is 0 Å². The van der Waals surface area contributed by atoms with Crippen LogP contribution in [0.1, 0.15) is 52.5 Å². The first-order valence-corrected chi connectivity index (χ1v) is 18.8. The van der Waals surface area contributed by atoms with E-state index in [-0.39, 0.29) is 24.2 Å². The summed E-state index contributed by atoms with van der Waals surface area (Å²) in [5, 5.41) is 21.5. The Bertz CT molecular complexity index is 1830. The number of morpholine rings is 1. The lowest BCUT2D eigenvalue weighted by atomic mass is 9.84. The molecule has 2 amide bonds. The van der Waals surface area contributed by atoms with Crippen LogP contribution in [-0.4, -0.2) is 70.9 Å². The second-order valence-electron chi connectivity index (χ2n) is 12.4. The number of methoxy groups -OCH3 is 1. The Labute approximate surface area is 306 Å². The number of nitrogens with one attached hydrogen (secondary N) is 3. The van der Waals surface area contributed by atoms with E-state index in [1.54, 1.807) is 11.3 Å². The molecule has 0 radical (unpaired) electrons. The van der Waals surface area contributed by atoms with Gasteiger partial charge in [0.2, 0.25) is 11.8 Å². The molecule has 1 saturated heterocycles. The molecule has 0 bridgehead atoms. The van der Waals surface area contributed by atoms with Crippen molar-refractivity contribution in [2.24, 2.45) is 0 Å². The fourth-order valence-electron chi connectivity index (χ4n) is 6.15. The summed E-state index contributed by atoms with van der Waals surface area (Å²) in [6, 6.07) is 26.3. The molecule has 0 spiro atoms. The van der Waals surface area contributed by atoms with Crippen LogP contribution in [0.3, 0.4) is 0 Å². The number of amides is 2. The first-order valence-electron chi connectivity index (χ1n) is 16.9. The molecular weight excluding hydrogens is 685 g/mol. The van der Waals surface area contributed by atoms with Gasteiger partial charge in [-0.2, -0.15) is 0 Å². The van der Waals surface area contributed by atoms with Crippen LogP contribution in [0.4, 0.5) is 10.5 Å². The number of hydrogen-bond acceptors (Lipinski definition) is 11. The number of hydrogen-bond donors (Lipinski definition) is 3. The topological polar surface area (TPSA) is 140 Å². The number of rotatable bonds is 14. The van der Waals surface area contributed by atoms with Gasteiger partial charge in [-0.05, 0) is 49.4 Å². The average molecular weight is 727 g/mol. The van der Waals surface area contributed by atoms with E-state index in [0.717, 1.165) is 40.4 Å². The van der Waals surface area contributed by atoms with Crippen molar-refractivity contribution in [2.75, 3.05) is 24.7 Å². The van der Waals surface area contributed by atoms with Crippen LogP contribution in [0.15, 0.2) is 99.9 Å². The molecule has 6 rings (SSSR count). The van der Waals surface area contributed by atoms with Crippen molar-refractivity contribution in [3.63, 3.8) is 0 Å². The van der Waals surface area contributed by atoms with Crippen molar-refractivity contribution >= 4 is 40.8 Å². The number of aromatic nitrogens is 3. The third-order valence-corrected chi connectivity index (χ3v) is 10.5. The van der Waals surface area contributed by atoms with E-state index < -0.39 is 18.1 Å². The Balaban J connectivity index is 1.09. The van der Waals surface area contributed by atoms with E-state index in [1.165, 1.54) is 18.9 Å². The number of carbonyl (C=O) groups excluding carboxylic acids is 2. The predicted octanol–water partition coefficient (Wildman–Crippen LogP) is 6.39. The van der Waals surface area contributed by atoms with E-state index >= 15 is 0 Å². The lowest BCUT2D eigenvalue weighted by Gasteiger charge is -2.35. The lowest BCUT2D eigenvalue weighted by molar-refractivity contribution is -0.118. The number of para-hydroxylation sites is 1. The van der Waals surface area contributed by atoms with Crippen LogP contribution in [0.25, 0.3) is 0 Å². The second kappa shape index (κ2) is 17.6. The quantitative estimate of drug-likeness (QED) is 0.110. The summed E-state index contributed by atoms with van der Waals surface area (Å²) in [5.41, 5.74) is 4.37. The average Bonchev–Trinajstić information content (AvgIpc) is 3.79. The van der Waals surface area contributed by atoms with Gasteiger partial charge in [0.05, 0.1) is 36.4 Å². The van der Waals surface area contributed by atoms with Crippen LogP contribution in [0.5, 0.6) is 0 Å². The number of aryl methyl sites for hydroxylation is 2. The molecule has 0 aliphatic carbocycles. The summed E-state index contributed by atoms with van der Waals surface area (Å²) >= 11 is 3.09. The summed E-state index contributed by atoms with van der Waals surface area (Å²) in [7, 11) is 1.29. The second-order valence-corrected chi connectivity index (χ2v) is 14.4. The van der Waals surface area contributed by atoms with Gasteiger partial charge in [-0.1, -0.05) is 90.6 Å². The number of thiazole rings is 1. The third-order valence-electron chi connectivity index (χ3n) is 8.81. The van der Waals surface area contributed by atoms with Gasteiger partial charge < -0.3 is 29.8 Å². The van der Waals surface area contributed by atoms with Gasteiger partial charge in [0.1, 0.15) is 6.04 Å². The van der Waals surface area contributed by atoms with Crippen LogP contribution in [0, 0.1) is 6.92 Å². The molecule has 1 aliphatic heterocycles. The predicted molar refractivity (Wildman–Crippen MR) is 198 cm³/mol. The van der Waals surface area contributed by atoms with Gasteiger partial charge >= 0.3 is 6.09 Å². The fourth-order valence-corrected chi connectivity index (χ4v) is 7.69. The molecule has 0 saturated carbocycles. The molecule has 3 aromatic carbocycles. The molecule has 0 unspecified atom stereocenters. The standard InChI is InChI=1S/C38H42N6O5S2/c1-24-32(23-51-38-44-43-33(49-38)20-29-22-50-25(2)40-29)48-30(21-39-24)19-18-26-12-10-11-17-31(26)41-36(45)35(42-37(46)47-3)34(27-13-6-4-7-14-27)28-15-8-5-9-16-28/h4-17,22,24,30,32,34-35,39H,18-21,23H2,1-3H3,(H,41,45)(H,42,46)/t24-,30-,32-,35+/m1/s1. The minimum absolute atomic E-state index is 0.0315. The monoisotopic (exact) mass is 726 g/mol. The van der Waals surface area contributed by atoms with Crippen molar-refractivity contribution in [1.29, 1.82) is 0 Å². The van der Waals surface area contributed by atoms with Gasteiger partial charge in [-0.25, -0.2) is 9.78 Å². The maximum atomic E-state index is 14.1. The summed E-state index contributed by atoms with van der Waals surface area (Å²) in [4.78, 5) is 31.2. The summed E-state index contributed by atoms with van der Waals surface area (Å²) in [5.74, 6) is 0.397. The maximum absolute atomic E-state index is 14.1. The summed E-state index contributed by atoms with van der Waals surface area (Å²) < 4.78 is 17.4. The molecular formula is C38H42N6O5S2. The van der Waals surface area contributed by atoms with Crippen molar-refractivity contribution in [1.82, 2.24) is 25.8 Å². The maximum Gasteiger partial charge on any atom is 0.407 e. The van der Waals surface area contributed by atoms with Gasteiger partial charge in [0.15, 0.2) is 0 Å². The van der Waals surface area contributed by atoms with E-state index in [1.807, 2.05) is 97.2 Å². The smallest absolute Gasteiger partial charge is 0.407 e. The van der Waals surface area contributed by atoms with Crippen LogP contribution >= 0.6 is 23.1 Å². The molecule has 1 aliphatic rings. The van der Waals surface area contributed by atoms with E-state index in [9.17, 15) is 9.59 Å². The number of nitrogens with zero attached hydrogens (tertiary/aromatic N) is 3. The van der Waals surface area contributed by atoms with E-state index in [2.05, 4.69) is 38.1 Å². The number of thioether (sulfide) groups is 1. The highest BCUT2D eigenvalue weighted by molar-refractivity contribution is 7.99. The Kier molecular flexibility index (Phi) is 12.5. The third kappa shape index (κ3) is 9.82. The number of anilines is 1. The first-order chi connectivity index (χ1) is 24.9. The molecule has 5 aromatic rings. The molecule has 4 atom stereocenters. The Morgan fingerprint density at radius 3 is 2.41 bits per heavy atom. The Morgan fingerprint density at radius 2 is 1.73 bits per heavy atom. The molecule has 1 fully saturated rings. The molecule has 11 nitrogen and oxygen atoms in total. The minimum Gasteiger partial charge on any atom is -0.453 e. The molecule has 51 heavy (non-hydrogen) atoms. The molecule has 266 valence electrons. The van der Waals surface area contributed by atoms with Gasteiger partial charge in [0, 0.05) is 35.3 Å². The summed E-state index contributed by atoms with van der Waals surface area (Å²) in [6.45, 7) is 4.81. The molecule has 13 heteroatoms.